The largest absolute Gasteiger partial charge is 0.378 e. The topological polar surface area (TPSA) is 58.6 Å². The molecule has 6 heteroatoms. The fourth-order valence-corrected chi connectivity index (χ4v) is 3.34. The van der Waals surface area contributed by atoms with Crippen molar-refractivity contribution in [3.8, 4) is 0 Å². The van der Waals surface area contributed by atoms with Crippen LogP contribution in [0.4, 0.5) is 5.82 Å². The van der Waals surface area contributed by atoms with Gasteiger partial charge in [-0.15, -0.1) is 0 Å². The Morgan fingerprint density at radius 2 is 2.17 bits per heavy atom. The Bertz CT molecular complexity index is 584. The first-order chi connectivity index (χ1) is 11.8. The lowest BCUT2D eigenvalue weighted by Crippen LogP contribution is -2.39. The van der Waals surface area contributed by atoms with Gasteiger partial charge in [0.2, 0.25) is 5.91 Å². The van der Waals surface area contributed by atoms with Crippen molar-refractivity contribution in [3.05, 3.63) is 30.2 Å². The number of ether oxygens (including phenoxy) is 1. The number of hydrogen-bond acceptors (Lipinski definition) is 5. The summed E-state index contributed by atoms with van der Waals surface area (Å²) in [4.78, 5) is 25.4. The van der Waals surface area contributed by atoms with Crippen LogP contribution in [-0.4, -0.2) is 60.2 Å². The minimum Gasteiger partial charge on any atom is -0.378 e. The van der Waals surface area contributed by atoms with Crippen molar-refractivity contribution in [3.63, 3.8) is 0 Å². The molecular weight excluding hydrogens is 304 g/mol. The van der Waals surface area contributed by atoms with Crippen molar-refractivity contribution in [2.45, 2.75) is 32.1 Å². The van der Waals surface area contributed by atoms with Gasteiger partial charge in [0.05, 0.1) is 18.9 Å². The van der Waals surface area contributed by atoms with E-state index in [2.05, 4.69) is 20.9 Å². The van der Waals surface area contributed by atoms with Gasteiger partial charge in [0.15, 0.2) is 0 Å². The third kappa shape index (κ3) is 4.12. The van der Waals surface area contributed by atoms with E-state index in [1.54, 1.807) is 6.33 Å². The number of likely N-dealkylation sites (tertiary alicyclic amines) is 1. The molecule has 2 saturated heterocycles. The number of morpholine rings is 1. The number of carbonyl (C=O) groups excluding carboxylic acids is 1. The Hall–Kier alpha value is -1.95. The SMILES string of the molecule is C/C=C/CC(=O)N1CCCC(c2cc(N3CCOCC3)ncn2)C1. The molecule has 1 atom stereocenters. The monoisotopic (exact) mass is 330 g/mol. The van der Waals surface area contributed by atoms with Crippen molar-refractivity contribution in [1.29, 1.82) is 0 Å². The van der Waals surface area contributed by atoms with E-state index in [0.717, 1.165) is 63.7 Å². The molecule has 2 aliphatic rings. The Labute approximate surface area is 143 Å². The van der Waals surface area contributed by atoms with Crippen LogP contribution < -0.4 is 4.90 Å². The third-order valence-electron chi connectivity index (χ3n) is 4.73. The van der Waals surface area contributed by atoms with Crippen molar-refractivity contribution >= 4 is 11.7 Å². The minimum absolute atomic E-state index is 0.209. The average molecular weight is 330 g/mol. The molecule has 3 rings (SSSR count). The molecule has 0 spiro atoms. The molecule has 1 aromatic rings. The highest BCUT2D eigenvalue weighted by atomic mass is 16.5. The van der Waals surface area contributed by atoms with Crippen molar-refractivity contribution < 1.29 is 9.53 Å². The van der Waals surface area contributed by atoms with Crippen LogP contribution in [0.15, 0.2) is 24.5 Å². The maximum atomic E-state index is 12.3. The van der Waals surface area contributed by atoms with Gasteiger partial charge in [-0.1, -0.05) is 12.2 Å². The van der Waals surface area contributed by atoms with Crippen molar-refractivity contribution in [2.75, 3.05) is 44.3 Å². The predicted molar refractivity (Wildman–Crippen MR) is 93.1 cm³/mol. The summed E-state index contributed by atoms with van der Waals surface area (Å²) in [6, 6.07) is 2.09. The highest BCUT2D eigenvalue weighted by molar-refractivity contribution is 5.77. The number of carbonyl (C=O) groups is 1. The van der Waals surface area contributed by atoms with Gasteiger partial charge in [-0.05, 0) is 19.8 Å². The molecule has 2 fully saturated rings. The first-order valence-electron chi connectivity index (χ1n) is 8.81. The summed E-state index contributed by atoms with van der Waals surface area (Å²) >= 11 is 0. The van der Waals surface area contributed by atoms with Crippen LogP contribution in [0, 0.1) is 0 Å². The molecule has 2 aliphatic heterocycles. The molecule has 130 valence electrons. The standard InChI is InChI=1S/C18H26N4O2/c1-2-3-6-18(23)22-7-4-5-15(13-22)16-12-17(20-14-19-16)21-8-10-24-11-9-21/h2-3,12,14-15H,4-11,13H2,1H3/b3-2+. The summed E-state index contributed by atoms with van der Waals surface area (Å²) in [6.07, 6.45) is 8.11. The van der Waals surface area contributed by atoms with E-state index in [1.165, 1.54) is 0 Å². The highest BCUT2D eigenvalue weighted by Crippen LogP contribution is 2.27. The lowest BCUT2D eigenvalue weighted by Gasteiger charge is -2.33. The minimum atomic E-state index is 0.209. The zero-order valence-corrected chi connectivity index (χ0v) is 14.4. The molecule has 0 aromatic carbocycles. The first kappa shape index (κ1) is 16.9. The van der Waals surface area contributed by atoms with Gasteiger partial charge in [0.1, 0.15) is 12.1 Å². The second kappa shape index (κ2) is 8.24. The summed E-state index contributed by atoms with van der Waals surface area (Å²) in [6.45, 7) is 6.79. The summed E-state index contributed by atoms with van der Waals surface area (Å²) in [5, 5.41) is 0. The van der Waals surface area contributed by atoms with Gasteiger partial charge in [0.25, 0.3) is 0 Å². The zero-order chi connectivity index (χ0) is 16.8. The van der Waals surface area contributed by atoms with E-state index in [0.29, 0.717) is 12.3 Å². The number of hydrogen-bond donors (Lipinski definition) is 0. The lowest BCUT2D eigenvalue weighted by atomic mass is 9.94. The molecule has 1 amide bonds. The summed E-state index contributed by atoms with van der Waals surface area (Å²) < 4.78 is 5.41. The number of amides is 1. The molecule has 1 unspecified atom stereocenters. The van der Waals surface area contributed by atoms with E-state index < -0.39 is 0 Å². The van der Waals surface area contributed by atoms with Crippen LogP contribution in [0.2, 0.25) is 0 Å². The number of rotatable bonds is 4. The van der Waals surface area contributed by atoms with E-state index in [4.69, 9.17) is 4.74 Å². The average Bonchev–Trinajstić information content (AvgIpc) is 2.67. The lowest BCUT2D eigenvalue weighted by molar-refractivity contribution is -0.131. The molecule has 24 heavy (non-hydrogen) atoms. The first-order valence-corrected chi connectivity index (χ1v) is 8.81. The van der Waals surface area contributed by atoms with Crippen LogP contribution in [0.1, 0.15) is 37.8 Å². The number of anilines is 1. The van der Waals surface area contributed by atoms with Gasteiger partial charge in [-0.2, -0.15) is 0 Å². The van der Waals surface area contributed by atoms with Gasteiger partial charge < -0.3 is 14.5 Å². The molecule has 0 radical (unpaired) electrons. The second-order valence-electron chi connectivity index (χ2n) is 6.35. The normalized spacial score (nSPS) is 22.1. The predicted octanol–water partition coefficient (Wildman–Crippen LogP) is 1.99. The number of piperidine rings is 1. The molecule has 6 nitrogen and oxygen atoms in total. The van der Waals surface area contributed by atoms with Gasteiger partial charge in [0, 0.05) is 44.6 Å². The third-order valence-corrected chi connectivity index (χ3v) is 4.73. The van der Waals surface area contributed by atoms with Gasteiger partial charge in [-0.25, -0.2) is 9.97 Å². The van der Waals surface area contributed by atoms with Crippen molar-refractivity contribution in [2.24, 2.45) is 0 Å². The molecule has 0 aliphatic carbocycles. The van der Waals surface area contributed by atoms with E-state index >= 15 is 0 Å². The molecule has 0 saturated carbocycles. The Morgan fingerprint density at radius 3 is 2.96 bits per heavy atom. The van der Waals surface area contributed by atoms with Gasteiger partial charge in [-0.3, -0.25) is 4.79 Å². The van der Waals surface area contributed by atoms with E-state index in [9.17, 15) is 4.79 Å². The van der Waals surface area contributed by atoms with E-state index in [1.807, 2.05) is 24.0 Å². The van der Waals surface area contributed by atoms with Crippen LogP contribution in [0.25, 0.3) is 0 Å². The molecule has 0 N–H and O–H groups in total. The molecule has 0 bridgehead atoms. The Morgan fingerprint density at radius 1 is 1.33 bits per heavy atom. The Kier molecular flexibility index (Phi) is 5.80. The fraction of sp³-hybridized carbons (Fsp3) is 0.611. The van der Waals surface area contributed by atoms with Crippen LogP contribution in [0.5, 0.6) is 0 Å². The van der Waals surface area contributed by atoms with E-state index in [-0.39, 0.29) is 5.91 Å². The molecular formula is C18H26N4O2. The quantitative estimate of drug-likeness (QED) is 0.790. The number of nitrogens with zero attached hydrogens (tertiary/aromatic N) is 4. The fourth-order valence-electron chi connectivity index (χ4n) is 3.34. The van der Waals surface area contributed by atoms with Crippen LogP contribution >= 0.6 is 0 Å². The number of allylic oxidation sites excluding steroid dienone is 1. The Balaban J connectivity index is 1.68. The maximum Gasteiger partial charge on any atom is 0.226 e. The molecule has 3 heterocycles. The second-order valence-corrected chi connectivity index (χ2v) is 6.35. The summed E-state index contributed by atoms with van der Waals surface area (Å²) in [7, 11) is 0. The summed E-state index contributed by atoms with van der Waals surface area (Å²) in [5.41, 5.74) is 1.05. The van der Waals surface area contributed by atoms with Crippen LogP contribution in [0.3, 0.4) is 0 Å². The van der Waals surface area contributed by atoms with Gasteiger partial charge >= 0.3 is 0 Å². The zero-order valence-electron chi connectivity index (χ0n) is 14.4. The number of aromatic nitrogens is 2. The summed E-state index contributed by atoms with van der Waals surface area (Å²) in [5.74, 6) is 1.48. The van der Waals surface area contributed by atoms with Crippen LogP contribution in [-0.2, 0) is 9.53 Å². The molecule has 1 aromatic heterocycles. The smallest absolute Gasteiger partial charge is 0.226 e. The van der Waals surface area contributed by atoms with Crippen molar-refractivity contribution in [1.82, 2.24) is 14.9 Å². The maximum absolute atomic E-state index is 12.3. The highest BCUT2D eigenvalue weighted by Gasteiger charge is 2.25.